The normalized spacial score (nSPS) is 16.1. The molecule has 3 aromatic rings. The smallest absolute Gasteiger partial charge is 0.229 e. The molecule has 7 heteroatoms. The maximum atomic E-state index is 6.19. The molecule has 0 bridgehead atoms. The Morgan fingerprint density at radius 2 is 2.07 bits per heavy atom. The standard InChI is InChI=1S/C21H28N4O3/c1-12(2)8-15-14-10-27-21(3,4)9-13(14)16-17-18(28-20(16)25-15)19(24-11-23-17)22-6-7-26-5/h11-12H,6-10H2,1-5H3,(H,22,23,24). The van der Waals surface area contributed by atoms with Crippen LogP contribution in [0.5, 0.6) is 0 Å². The number of anilines is 1. The number of hydrogen-bond donors (Lipinski definition) is 1. The van der Waals surface area contributed by atoms with E-state index in [0.29, 0.717) is 42.8 Å². The quantitative estimate of drug-likeness (QED) is 0.646. The van der Waals surface area contributed by atoms with Crippen LogP contribution < -0.4 is 5.32 Å². The highest BCUT2D eigenvalue weighted by molar-refractivity contribution is 6.06. The lowest BCUT2D eigenvalue weighted by molar-refractivity contribution is -0.0402. The Morgan fingerprint density at radius 1 is 1.25 bits per heavy atom. The fourth-order valence-corrected chi connectivity index (χ4v) is 3.83. The number of fused-ring (bicyclic) bond motifs is 5. The molecule has 0 aromatic carbocycles. The van der Waals surface area contributed by atoms with Crippen LogP contribution >= 0.6 is 0 Å². The largest absolute Gasteiger partial charge is 0.432 e. The number of pyridine rings is 1. The highest BCUT2D eigenvalue weighted by atomic mass is 16.5. The average molecular weight is 384 g/mol. The van der Waals surface area contributed by atoms with Crippen LogP contribution in [0.2, 0.25) is 0 Å². The maximum absolute atomic E-state index is 6.19. The van der Waals surface area contributed by atoms with Crippen molar-refractivity contribution >= 4 is 28.0 Å². The van der Waals surface area contributed by atoms with Gasteiger partial charge in [0.2, 0.25) is 5.71 Å². The minimum atomic E-state index is -0.230. The van der Waals surface area contributed by atoms with Crippen molar-refractivity contribution in [1.29, 1.82) is 0 Å². The van der Waals surface area contributed by atoms with Crippen LogP contribution in [0.25, 0.3) is 22.2 Å². The summed E-state index contributed by atoms with van der Waals surface area (Å²) >= 11 is 0. The van der Waals surface area contributed by atoms with Gasteiger partial charge in [-0.15, -0.1) is 0 Å². The van der Waals surface area contributed by atoms with Crippen LogP contribution in [0.3, 0.4) is 0 Å². The lowest BCUT2D eigenvalue weighted by Gasteiger charge is -2.33. The van der Waals surface area contributed by atoms with Gasteiger partial charge < -0.3 is 19.2 Å². The number of aromatic nitrogens is 3. The van der Waals surface area contributed by atoms with Crippen molar-refractivity contribution in [3.8, 4) is 0 Å². The van der Waals surface area contributed by atoms with Crippen molar-refractivity contribution in [2.45, 2.75) is 52.7 Å². The number of hydrogen-bond acceptors (Lipinski definition) is 7. The van der Waals surface area contributed by atoms with Crippen molar-refractivity contribution < 1.29 is 13.9 Å². The average Bonchev–Trinajstić information content (AvgIpc) is 3.00. The molecule has 0 unspecified atom stereocenters. The monoisotopic (exact) mass is 384 g/mol. The van der Waals surface area contributed by atoms with E-state index in [0.717, 1.165) is 29.4 Å². The lowest BCUT2D eigenvalue weighted by Crippen LogP contribution is -2.33. The first kappa shape index (κ1) is 19.1. The molecule has 1 aliphatic rings. The molecule has 0 aliphatic carbocycles. The third-order valence-electron chi connectivity index (χ3n) is 5.11. The Bertz CT molecular complexity index is 1010. The summed E-state index contributed by atoms with van der Waals surface area (Å²) in [4.78, 5) is 13.8. The lowest BCUT2D eigenvalue weighted by atomic mass is 9.88. The molecule has 0 amide bonds. The van der Waals surface area contributed by atoms with Crippen molar-refractivity contribution in [2.24, 2.45) is 5.92 Å². The topological polar surface area (TPSA) is 82.3 Å². The molecule has 0 saturated heterocycles. The molecule has 4 heterocycles. The predicted octanol–water partition coefficient (Wildman–Crippen LogP) is 3.88. The third-order valence-corrected chi connectivity index (χ3v) is 5.11. The van der Waals surface area contributed by atoms with E-state index in [-0.39, 0.29) is 5.60 Å². The zero-order valence-corrected chi connectivity index (χ0v) is 17.3. The van der Waals surface area contributed by atoms with Crippen molar-refractivity contribution in [3.63, 3.8) is 0 Å². The zero-order valence-electron chi connectivity index (χ0n) is 17.3. The molecule has 4 rings (SSSR count). The summed E-state index contributed by atoms with van der Waals surface area (Å²) < 4.78 is 17.4. The van der Waals surface area contributed by atoms with Crippen molar-refractivity contribution in [3.05, 3.63) is 23.1 Å². The van der Waals surface area contributed by atoms with Gasteiger partial charge in [0.05, 0.1) is 29.9 Å². The Labute approximate surface area is 164 Å². The van der Waals surface area contributed by atoms with E-state index in [1.807, 2.05) is 0 Å². The van der Waals surface area contributed by atoms with E-state index < -0.39 is 0 Å². The fourth-order valence-electron chi connectivity index (χ4n) is 3.83. The molecule has 0 atom stereocenters. The van der Waals surface area contributed by atoms with Crippen molar-refractivity contribution in [1.82, 2.24) is 15.0 Å². The van der Waals surface area contributed by atoms with Crippen LogP contribution in [0.15, 0.2) is 10.7 Å². The van der Waals surface area contributed by atoms with Gasteiger partial charge in [0, 0.05) is 25.6 Å². The maximum Gasteiger partial charge on any atom is 0.229 e. The molecule has 1 N–H and O–H groups in total. The molecule has 0 saturated carbocycles. The number of rotatable bonds is 6. The second kappa shape index (κ2) is 7.29. The van der Waals surface area contributed by atoms with Crippen molar-refractivity contribution in [2.75, 3.05) is 25.6 Å². The Morgan fingerprint density at radius 3 is 2.82 bits per heavy atom. The summed E-state index contributed by atoms with van der Waals surface area (Å²) in [6.45, 7) is 10.5. The molecule has 150 valence electrons. The van der Waals surface area contributed by atoms with E-state index in [2.05, 4.69) is 43.0 Å². The van der Waals surface area contributed by atoms with Crippen LogP contribution in [0.1, 0.15) is 44.5 Å². The highest BCUT2D eigenvalue weighted by Gasteiger charge is 2.32. The molecule has 0 fully saturated rings. The minimum Gasteiger partial charge on any atom is -0.432 e. The molecule has 3 aromatic heterocycles. The van der Waals surface area contributed by atoms with E-state index >= 15 is 0 Å². The molecule has 0 radical (unpaired) electrons. The van der Waals surface area contributed by atoms with Gasteiger partial charge in [0.25, 0.3) is 0 Å². The molecule has 7 nitrogen and oxygen atoms in total. The molecular formula is C21H28N4O3. The highest BCUT2D eigenvalue weighted by Crippen LogP contribution is 2.39. The SMILES string of the molecule is COCCNc1ncnc2c1oc1nc(CC(C)C)c3c(c12)CC(C)(C)OC3. The van der Waals surface area contributed by atoms with Gasteiger partial charge in [-0.25, -0.2) is 15.0 Å². The fraction of sp³-hybridized carbons (Fsp3) is 0.571. The van der Waals surface area contributed by atoms with E-state index in [9.17, 15) is 0 Å². The first-order valence-electron chi connectivity index (χ1n) is 9.84. The minimum absolute atomic E-state index is 0.230. The number of methoxy groups -OCH3 is 1. The van der Waals surface area contributed by atoms with Crippen LogP contribution in [0, 0.1) is 5.92 Å². The van der Waals surface area contributed by atoms with Crippen LogP contribution in [-0.2, 0) is 28.9 Å². The molecule has 1 aliphatic heterocycles. The van der Waals surface area contributed by atoms with Crippen LogP contribution in [-0.4, -0.2) is 40.8 Å². The van der Waals surface area contributed by atoms with Gasteiger partial charge in [-0.1, -0.05) is 13.8 Å². The summed E-state index contributed by atoms with van der Waals surface area (Å²) in [6, 6.07) is 0. The van der Waals surface area contributed by atoms with Gasteiger partial charge in [0.15, 0.2) is 11.4 Å². The second-order valence-electron chi connectivity index (χ2n) is 8.44. The van der Waals surface area contributed by atoms with E-state index in [1.165, 1.54) is 11.1 Å². The number of nitrogens with zero attached hydrogens (tertiary/aromatic N) is 3. The first-order chi connectivity index (χ1) is 13.4. The van der Waals surface area contributed by atoms with Gasteiger partial charge in [0.1, 0.15) is 11.8 Å². The Kier molecular flexibility index (Phi) is 4.97. The summed E-state index contributed by atoms with van der Waals surface area (Å²) in [5.41, 5.74) is 5.36. The number of nitrogens with one attached hydrogen (secondary N) is 1. The van der Waals surface area contributed by atoms with Gasteiger partial charge >= 0.3 is 0 Å². The first-order valence-corrected chi connectivity index (χ1v) is 9.84. The zero-order chi connectivity index (χ0) is 19.9. The molecule has 0 spiro atoms. The van der Waals surface area contributed by atoms with E-state index in [1.54, 1.807) is 13.4 Å². The second-order valence-corrected chi connectivity index (χ2v) is 8.44. The summed E-state index contributed by atoms with van der Waals surface area (Å²) in [5.74, 6) is 1.17. The Balaban J connectivity index is 1.93. The molecular weight excluding hydrogens is 356 g/mol. The van der Waals surface area contributed by atoms with Gasteiger partial charge in [-0.2, -0.15) is 0 Å². The number of furan rings is 1. The number of ether oxygens (including phenoxy) is 2. The third kappa shape index (κ3) is 3.44. The summed E-state index contributed by atoms with van der Waals surface area (Å²) in [7, 11) is 1.68. The summed E-state index contributed by atoms with van der Waals surface area (Å²) in [5, 5.41) is 4.26. The van der Waals surface area contributed by atoms with E-state index in [4.69, 9.17) is 18.9 Å². The predicted molar refractivity (Wildman–Crippen MR) is 109 cm³/mol. The Hall–Kier alpha value is -2.25. The van der Waals surface area contributed by atoms with Crippen LogP contribution in [0.4, 0.5) is 5.82 Å². The summed E-state index contributed by atoms with van der Waals surface area (Å²) in [6.07, 6.45) is 3.27. The molecule has 28 heavy (non-hydrogen) atoms. The van der Waals surface area contributed by atoms with Gasteiger partial charge in [-0.3, -0.25) is 0 Å². The van der Waals surface area contributed by atoms with Gasteiger partial charge in [-0.05, 0) is 31.7 Å².